The Kier molecular flexibility index (Phi) is 10.2. The van der Waals surface area contributed by atoms with Gasteiger partial charge in [-0.05, 0) is 25.0 Å². The van der Waals surface area contributed by atoms with Crippen LogP contribution in [0.3, 0.4) is 0 Å². The number of aromatic nitrogens is 2. The van der Waals surface area contributed by atoms with E-state index in [0.29, 0.717) is 12.1 Å². The molecule has 3 rings (SSSR count). The molecule has 2 aromatic rings. The maximum Gasteiger partial charge on any atom is 0.490 e. The molecule has 0 aliphatic carbocycles. The number of nitrogens with one attached hydrogen (secondary N) is 1. The van der Waals surface area contributed by atoms with Crippen LogP contribution in [-0.4, -0.2) is 62.6 Å². The van der Waals surface area contributed by atoms with E-state index in [-0.39, 0.29) is 50.3 Å². The molecular formula is C22H22F9N5O4. The molecular weight excluding hydrogens is 569 g/mol. The molecule has 0 spiro atoms. The van der Waals surface area contributed by atoms with E-state index in [1.165, 1.54) is 4.90 Å². The normalized spacial score (nSPS) is 14.1. The number of halogens is 9. The summed E-state index contributed by atoms with van der Waals surface area (Å²) in [7, 11) is 0. The first-order chi connectivity index (χ1) is 18.4. The Labute approximate surface area is 219 Å². The van der Waals surface area contributed by atoms with Crippen LogP contribution in [0.2, 0.25) is 0 Å². The molecule has 0 radical (unpaired) electrons. The summed E-state index contributed by atoms with van der Waals surface area (Å²) in [4.78, 5) is 38.5. The topological polar surface area (TPSA) is 131 Å². The average molecular weight is 591 g/mol. The van der Waals surface area contributed by atoms with Gasteiger partial charge in [0.1, 0.15) is 5.82 Å². The standard InChI is InChI=1S/C20H21F6N5O2.C2HF3O2/c1-2-28-18(33)17-15-9-30(3-4-31(15)19(29-17)20(24,25)26)16(32)7-11(27)5-10-6-13(22)14(23)8-12(10)21;3-2(4,5)1(6)7/h6,8,11H,2-5,7,9,27H2,1H3,(H,28,33);(H,6,7)/t11-;/m1./s1. The van der Waals surface area contributed by atoms with Gasteiger partial charge in [0.2, 0.25) is 11.7 Å². The summed E-state index contributed by atoms with van der Waals surface area (Å²) in [5.74, 6) is -8.95. The zero-order valence-corrected chi connectivity index (χ0v) is 20.5. The number of amides is 2. The number of carbonyl (C=O) groups is 3. The highest BCUT2D eigenvalue weighted by molar-refractivity contribution is 5.93. The number of carbonyl (C=O) groups excluding carboxylic acids is 2. The molecule has 18 heteroatoms. The van der Waals surface area contributed by atoms with E-state index < -0.39 is 65.1 Å². The minimum absolute atomic E-state index is 0.0619. The molecule has 0 saturated heterocycles. The van der Waals surface area contributed by atoms with Crippen molar-refractivity contribution in [3.8, 4) is 0 Å². The fourth-order valence-electron chi connectivity index (χ4n) is 3.65. The van der Waals surface area contributed by atoms with E-state index in [4.69, 9.17) is 15.6 Å². The quantitative estimate of drug-likeness (QED) is 0.350. The van der Waals surface area contributed by atoms with Gasteiger partial charge in [-0.1, -0.05) is 0 Å². The Balaban J connectivity index is 0.000000708. The van der Waals surface area contributed by atoms with Gasteiger partial charge in [-0.2, -0.15) is 26.3 Å². The lowest BCUT2D eigenvalue weighted by Crippen LogP contribution is -2.42. The molecule has 222 valence electrons. The second-order valence-electron chi connectivity index (χ2n) is 8.38. The molecule has 0 bridgehead atoms. The van der Waals surface area contributed by atoms with Crippen LogP contribution in [0.25, 0.3) is 0 Å². The Hall–Kier alpha value is -3.83. The van der Waals surface area contributed by atoms with Crippen LogP contribution in [0, 0.1) is 17.5 Å². The SMILES string of the molecule is CCNC(=O)c1nc(C(F)(F)F)n2c1CN(C(=O)C[C@H](N)Cc1cc(F)c(F)cc1F)CC2.O=C(O)C(F)(F)F. The first-order valence-electron chi connectivity index (χ1n) is 11.3. The van der Waals surface area contributed by atoms with E-state index in [1.54, 1.807) is 6.92 Å². The third-order valence-electron chi connectivity index (χ3n) is 5.42. The van der Waals surface area contributed by atoms with Crippen molar-refractivity contribution in [2.75, 3.05) is 13.1 Å². The Morgan fingerprint density at radius 3 is 2.15 bits per heavy atom. The van der Waals surface area contributed by atoms with Gasteiger partial charge in [-0.3, -0.25) is 9.59 Å². The zero-order chi connectivity index (χ0) is 30.6. The minimum Gasteiger partial charge on any atom is -0.475 e. The van der Waals surface area contributed by atoms with E-state index in [2.05, 4.69) is 10.3 Å². The van der Waals surface area contributed by atoms with Crippen molar-refractivity contribution >= 4 is 17.8 Å². The Morgan fingerprint density at radius 2 is 1.62 bits per heavy atom. The lowest BCUT2D eigenvalue weighted by Gasteiger charge is -2.30. The predicted octanol–water partition coefficient (Wildman–Crippen LogP) is 3.00. The van der Waals surface area contributed by atoms with Gasteiger partial charge in [0.05, 0.1) is 12.2 Å². The molecule has 1 aromatic carbocycles. The van der Waals surface area contributed by atoms with Crippen LogP contribution in [0.4, 0.5) is 39.5 Å². The first kappa shape index (κ1) is 32.4. The number of nitrogens with zero attached hydrogens (tertiary/aromatic N) is 3. The molecule has 2 heterocycles. The highest BCUT2D eigenvalue weighted by Crippen LogP contribution is 2.32. The Bertz CT molecular complexity index is 1260. The van der Waals surface area contributed by atoms with Crippen LogP contribution < -0.4 is 11.1 Å². The van der Waals surface area contributed by atoms with Gasteiger partial charge in [-0.15, -0.1) is 0 Å². The van der Waals surface area contributed by atoms with Gasteiger partial charge < -0.3 is 25.6 Å². The van der Waals surface area contributed by atoms with Crippen molar-refractivity contribution in [3.05, 3.63) is 52.4 Å². The molecule has 0 fully saturated rings. The number of hydrogen-bond acceptors (Lipinski definition) is 5. The number of alkyl halides is 6. The molecule has 2 amide bonds. The highest BCUT2D eigenvalue weighted by Gasteiger charge is 2.42. The summed E-state index contributed by atoms with van der Waals surface area (Å²) in [6, 6.07) is 0.0787. The number of aliphatic carboxylic acids is 1. The summed E-state index contributed by atoms with van der Waals surface area (Å²) in [5, 5.41) is 9.52. The minimum atomic E-state index is -5.08. The molecule has 1 aliphatic heterocycles. The number of rotatable bonds is 6. The maximum absolute atomic E-state index is 13.8. The number of carboxylic acid groups (broad SMARTS) is 1. The van der Waals surface area contributed by atoms with Crippen LogP contribution in [-0.2, 0) is 35.3 Å². The van der Waals surface area contributed by atoms with Crippen molar-refractivity contribution in [1.29, 1.82) is 0 Å². The largest absolute Gasteiger partial charge is 0.490 e. The molecule has 0 saturated carbocycles. The number of fused-ring (bicyclic) bond motifs is 1. The lowest BCUT2D eigenvalue weighted by molar-refractivity contribution is -0.192. The van der Waals surface area contributed by atoms with Crippen molar-refractivity contribution in [2.24, 2.45) is 5.73 Å². The van der Waals surface area contributed by atoms with Gasteiger partial charge in [0.25, 0.3) is 5.91 Å². The molecule has 4 N–H and O–H groups in total. The molecule has 9 nitrogen and oxygen atoms in total. The van der Waals surface area contributed by atoms with Crippen molar-refractivity contribution < 1.29 is 59.0 Å². The van der Waals surface area contributed by atoms with Gasteiger partial charge in [0, 0.05) is 38.2 Å². The maximum atomic E-state index is 13.8. The Morgan fingerprint density at radius 1 is 1.05 bits per heavy atom. The second-order valence-corrected chi connectivity index (χ2v) is 8.38. The fraction of sp³-hybridized carbons (Fsp3) is 0.455. The van der Waals surface area contributed by atoms with Crippen LogP contribution in [0.15, 0.2) is 12.1 Å². The van der Waals surface area contributed by atoms with Crippen molar-refractivity contribution in [1.82, 2.24) is 19.8 Å². The van der Waals surface area contributed by atoms with Crippen molar-refractivity contribution in [2.45, 2.75) is 51.2 Å². The number of nitrogens with two attached hydrogens (primary N) is 1. The van der Waals surface area contributed by atoms with Gasteiger partial charge in [0.15, 0.2) is 17.3 Å². The van der Waals surface area contributed by atoms with E-state index >= 15 is 0 Å². The number of carboxylic acids is 1. The predicted molar refractivity (Wildman–Crippen MR) is 117 cm³/mol. The van der Waals surface area contributed by atoms with Crippen LogP contribution >= 0.6 is 0 Å². The summed E-state index contributed by atoms with van der Waals surface area (Å²) >= 11 is 0. The molecule has 0 unspecified atom stereocenters. The third kappa shape index (κ3) is 8.09. The summed E-state index contributed by atoms with van der Waals surface area (Å²) in [6.45, 7) is 1.13. The van der Waals surface area contributed by atoms with E-state index in [1.807, 2.05) is 0 Å². The van der Waals surface area contributed by atoms with Gasteiger partial charge in [-0.25, -0.2) is 22.9 Å². The smallest absolute Gasteiger partial charge is 0.475 e. The average Bonchev–Trinajstić information content (AvgIpc) is 3.22. The highest BCUT2D eigenvalue weighted by atomic mass is 19.4. The fourth-order valence-corrected chi connectivity index (χ4v) is 3.65. The van der Waals surface area contributed by atoms with Crippen molar-refractivity contribution in [3.63, 3.8) is 0 Å². The lowest BCUT2D eigenvalue weighted by atomic mass is 10.0. The van der Waals surface area contributed by atoms with Crippen LogP contribution in [0.1, 0.15) is 40.9 Å². The number of benzene rings is 1. The number of hydrogen-bond donors (Lipinski definition) is 3. The molecule has 40 heavy (non-hydrogen) atoms. The molecule has 1 atom stereocenters. The first-order valence-corrected chi connectivity index (χ1v) is 11.3. The van der Waals surface area contributed by atoms with Crippen LogP contribution in [0.5, 0.6) is 0 Å². The molecule has 1 aromatic heterocycles. The third-order valence-corrected chi connectivity index (χ3v) is 5.42. The summed E-state index contributed by atoms with van der Waals surface area (Å²) in [6.07, 6.45) is -10.5. The van der Waals surface area contributed by atoms with E-state index in [0.717, 1.165) is 4.57 Å². The summed E-state index contributed by atoms with van der Waals surface area (Å²) < 4.78 is 113. The summed E-state index contributed by atoms with van der Waals surface area (Å²) in [5.41, 5.74) is 5.19. The monoisotopic (exact) mass is 591 g/mol. The second kappa shape index (κ2) is 12.6. The zero-order valence-electron chi connectivity index (χ0n) is 20.5. The number of imidazole rings is 1. The van der Waals surface area contributed by atoms with Gasteiger partial charge >= 0.3 is 18.3 Å². The van der Waals surface area contributed by atoms with E-state index in [9.17, 15) is 49.1 Å². The molecule has 1 aliphatic rings.